The first-order chi connectivity index (χ1) is 10.2. The van der Waals surface area contributed by atoms with E-state index < -0.39 is 23.7 Å². The molecule has 1 aromatic rings. The van der Waals surface area contributed by atoms with Crippen molar-refractivity contribution in [2.75, 3.05) is 14.1 Å². The van der Waals surface area contributed by atoms with Crippen LogP contribution in [-0.4, -0.2) is 42.7 Å². The number of nitrogens with zero attached hydrogens (tertiary/aromatic N) is 1. The molecule has 0 aliphatic carbocycles. The molecule has 0 saturated carbocycles. The highest BCUT2D eigenvalue weighted by atomic mass is 16.7. The van der Waals surface area contributed by atoms with Gasteiger partial charge < -0.3 is 14.5 Å². The summed E-state index contributed by atoms with van der Waals surface area (Å²) in [7, 11) is 3.12. The van der Waals surface area contributed by atoms with E-state index in [9.17, 15) is 9.59 Å². The van der Waals surface area contributed by atoms with Crippen LogP contribution in [0.5, 0.6) is 0 Å². The Morgan fingerprint density at radius 3 is 2.27 bits per heavy atom. The van der Waals surface area contributed by atoms with Crippen LogP contribution in [0.3, 0.4) is 0 Å². The summed E-state index contributed by atoms with van der Waals surface area (Å²) < 4.78 is 5.36. The lowest BCUT2D eigenvalue weighted by atomic mass is 10.1. The topological polar surface area (TPSA) is 67.9 Å². The summed E-state index contributed by atoms with van der Waals surface area (Å²) in [5.74, 6) is -0.470. The summed E-state index contributed by atoms with van der Waals surface area (Å²) in [4.78, 5) is 29.9. The van der Waals surface area contributed by atoms with Gasteiger partial charge in [-0.05, 0) is 26.3 Å². The normalized spacial score (nSPS) is 12.4. The average Bonchev–Trinajstić information content (AvgIpc) is 2.42. The fraction of sp³-hybridized carbons (Fsp3) is 0.500. The van der Waals surface area contributed by atoms with Crippen molar-refractivity contribution in [1.29, 1.82) is 0 Å². The van der Waals surface area contributed by atoms with Crippen LogP contribution in [0.2, 0.25) is 0 Å². The first-order valence-corrected chi connectivity index (χ1v) is 7.09. The Morgan fingerprint density at radius 1 is 1.18 bits per heavy atom. The van der Waals surface area contributed by atoms with E-state index in [0.717, 1.165) is 5.56 Å². The molecular weight excluding hydrogens is 284 g/mol. The molecule has 0 radical (unpaired) electrons. The van der Waals surface area contributed by atoms with Gasteiger partial charge in [-0.15, -0.1) is 5.48 Å². The molecule has 1 amide bonds. The summed E-state index contributed by atoms with van der Waals surface area (Å²) in [6.45, 7) is 5.36. The number of esters is 1. The van der Waals surface area contributed by atoms with Crippen molar-refractivity contribution < 1.29 is 19.2 Å². The molecule has 0 aliphatic heterocycles. The van der Waals surface area contributed by atoms with Crippen LogP contribution in [0, 0.1) is 0 Å². The van der Waals surface area contributed by atoms with Crippen molar-refractivity contribution in [1.82, 2.24) is 10.4 Å². The van der Waals surface area contributed by atoms with Gasteiger partial charge in [0.25, 0.3) is 0 Å². The molecule has 0 spiro atoms. The van der Waals surface area contributed by atoms with E-state index >= 15 is 0 Å². The number of hydrogen-bond donors (Lipinski definition) is 1. The number of carbonyl (C=O) groups is 2. The van der Waals surface area contributed by atoms with Gasteiger partial charge in [0.15, 0.2) is 0 Å². The third-order valence-corrected chi connectivity index (χ3v) is 2.63. The predicted octanol–water partition coefficient (Wildman–Crippen LogP) is 2.14. The van der Waals surface area contributed by atoms with E-state index in [0.29, 0.717) is 6.42 Å². The Morgan fingerprint density at radius 2 is 1.77 bits per heavy atom. The van der Waals surface area contributed by atoms with Crippen molar-refractivity contribution in [3.63, 3.8) is 0 Å². The minimum Gasteiger partial charge on any atom is -0.459 e. The van der Waals surface area contributed by atoms with Gasteiger partial charge >= 0.3 is 12.1 Å². The molecule has 122 valence electrons. The lowest BCUT2D eigenvalue weighted by Gasteiger charge is -2.24. The number of benzene rings is 1. The molecule has 0 aliphatic rings. The lowest BCUT2D eigenvalue weighted by Crippen LogP contribution is -2.45. The molecule has 0 bridgehead atoms. The van der Waals surface area contributed by atoms with E-state index in [4.69, 9.17) is 9.57 Å². The van der Waals surface area contributed by atoms with Crippen LogP contribution >= 0.6 is 0 Å². The molecule has 1 rings (SSSR count). The molecule has 1 N–H and O–H groups in total. The maximum Gasteiger partial charge on any atom is 0.428 e. The number of carbonyl (C=O) groups excluding carboxylic acids is 2. The molecule has 1 atom stereocenters. The van der Waals surface area contributed by atoms with Crippen LogP contribution in [-0.2, 0) is 20.8 Å². The number of ether oxygens (including phenoxy) is 1. The van der Waals surface area contributed by atoms with Crippen molar-refractivity contribution in [3.8, 4) is 0 Å². The second kappa shape index (κ2) is 7.79. The van der Waals surface area contributed by atoms with Crippen molar-refractivity contribution >= 4 is 12.1 Å². The number of rotatable bonds is 5. The minimum atomic E-state index is -0.773. The Balaban J connectivity index is 2.76. The van der Waals surface area contributed by atoms with Gasteiger partial charge in [-0.3, -0.25) is 4.79 Å². The number of nitrogens with one attached hydrogen (secondary N) is 1. The summed E-state index contributed by atoms with van der Waals surface area (Å²) in [6, 6.07) is 8.68. The SMILES string of the molecule is CN(C)C(=O)ON[C@@H](Cc1ccccc1)C(=O)OC(C)(C)C. The van der Waals surface area contributed by atoms with Crippen LogP contribution < -0.4 is 5.48 Å². The van der Waals surface area contributed by atoms with Crippen LogP contribution in [0.4, 0.5) is 4.79 Å². The molecule has 0 saturated heterocycles. The minimum absolute atomic E-state index is 0.358. The molecule has 0 unspecified atom stereocenters. The zero-order valence-electron chi connectivity index (χ0n) is 13.8. The smallest absolute Gasteiger partial charge is 0.428 e. The highest BCUT2D eigenvalue weighted by Crippen LogP contribution is 2.11. The highest BCUT2D eigenvalue weighted by molar-refractivity contribution is 5.77. The molecular formula is C16H24N2O4. The Labute approximate surface area is 131 Å². The van der Waals surface area contributed by atoms with Gasteiger partial charge in [0.1, 0.15) is 11.6 Å². The van der Waals surface area contributed by atoms with E-state index in [1.165, 1.54) is 4.90 Å². The van der Waals surface area contributed by atoms with Gasteiger partial charge in [-0.25, -0.2) is 4.79 Å². The maximum atomic E-state index is 12.3. The van der Waals surface area contributed by atoms with Crippen LogP contribution in [0.15, 0.2) is 30.3 Å². The second-order valence-electron chi connectivity index (χ2n) is 6.16. The largest absolute Gasteiger partial charge is 0.459 e. The maximum absolute atomic E-state index is 12.3. The lowest BCUT2D eigenvalue weighted by molar-refractivity contribution is -0.160. The van der Waals surface area contributed by atoms with E-state index in [-0.39, 0.29) is 0 Å². The highest BCUT2D eigenvalue weighted by Gasteiger charge is 2.27. The Kier molecular flexibility index (Phi) is 6.37. The molecule has 0 aromatic heterocycles. The number of amides is 1. The number of hydroxylamine groups is 1. The Bertz CT molecular complexity index is 495. The van der Waals surface area contributed by atoms with Gasteiger partial charge in [-0.1, -0.05) is 30.3 Å². The average molecular weight is 308 g/mol. The first kappa shape index (κ1) is 18.0. The summed E-state index contributed by atoms with van der Waals surface area (Å²) in [5.41, 5.74) is 2.83. The fourth-order valence-corrected chi connectivity index (χ4v) is 1.61. The fourth-order valence-electron chi connectivity index (χ4n) is 1.61. The predicted molar refractivity (Wildman–Crippen MR) is 83.1 cm³/mol. The first-order valence-electron chi connectivity index (χ1n) is 7.09. The van der Waals surface area contributed by atoms with E-state index in [2.05, 4.69) is 5.48 Å². The molecule has 6 nitrogen and oxygen atoms in total. The standard InChI is InChI=1S/C16H24N2O4/c1-16(2,3)21-14(19)13(17-22-15(20)18(4)5)11-12-9-7-6-8-10-12/h6-10,13,17H,11H2,1-5H3/t13-/m0/s1. The molecule has 1 aromatic carbocycles. The summed E-state index contributed by atoms with van der Waals surface area (Å²) in [6.07, 6.45) is -0.224. The van der Waals surface area contributed by atoms with Crippen LogP contribution in [0.1, 0.15) is 26.3 Å². The molecule has 0 fully saturated rings. The van der Waals surface area contributed by atoms with Crippen molar-refractivity contribution in [2.45, 2.75) is 38.8 Å². The zero-order chi connectivity index (χ0) is 16.8. The molecule has 22 heavy (non-hydrogen) atoms. The van der Waals surface area contributed by atoms with Crippen molar-refractivity contribution in [3.05, 3.63) is 35.9 Å². The third kappa shape index (κ3) is 6.58. The second-order valence-corrected chi connectivity index (χ2v) is 6.16. The van der Waals surface area contributed by atoms with Gasteiger partial charge in [0.2, 0.25) is 0 Å². The number of hydrogen-bond acceptors (Lipinski definition) is 5. The van der Waals surface area contributed by atoms with Gasteiger partial charge in [0.05, 0.1) is 0 Å². The summed E-state index contributed by atoms with van der Waals surface area (Å²) in [5, 5.41) is 0. The van der Waals surface area contributed by atoms with Crippen molar-refractivity contribution in [2.24, 2.45) is 0 Å². The van der Waals surface area contributed by atoms with Gasteiger partial charge in [-0.2, -0.15) is 0 Å². The molecule has 6 heteroatoms. The van der Waals surface area contributed by atoms with E-state index in [1.807, 2.05) is 30.3 Å². The monoisotopic (exact) mass is 308 g/mol. The van der Waals surface area contributed by atoms with Gasteiger partial charge in [0, 0.05) is 20.5 Å². The quantitative estimate of drug-likeness (QED) is 0.667. The summed E-state index contributed by atoms with van der Waals surface area (Å²) >= 11 is 0. The van der Waals surface area contributed by atoms with E-state index in [1.54, 1.807) is 34.9 Å². The Hall–Kier alpha value is -2.08. The molecule has 0 heterocycles. The third-order valence-electron chi connectivity index (χ3n) is 2.63. The van der Waals surface area contributed by atoms with Crippen LogP contribution in [0.25, 0.3) is 0 Å². The zero-order valence-corrected chi connectivity index (χ0v) is 13.8.